The van der Waals surface area contributed by atoms with E-state index in [0.29, 0.717) is 9.37 Å². The van der Waals surface area contributed by atoms with E-state index in [1.165, 1.54) is 17.8 Å². The molecule has 0 fully saturated rings. The number of halogens is 1. The zero-order valence-electron chi connectivity index (χ0n) is 10.5. The Bertz CT molecular complexity index is 643. The Hall–Kier alpha value is -1.33. The summed E-state index contributed by atoms with van der Waals surface area (Å²) in [5.74, 6) is 0. The van der Waals surface area contributed by atoms with Gasteiger partial charge in [0.05, 0.1) is 9.82 Å². The molecule has 0 radical (unpaired) electrons. The van der Waals surface area contributed by atoms with E-state index in [0.717, 1.165) is 16.0 Å². The molecule has 19 heavy (non-hydrogen) atoms. The minimum atomic E-state index is -0.349. The van der Waals surface area contributed by atoms with Gasteiger partial charge in [0, 0.05) is 15.4 Å². The maximum absolute atomic E-state index is 11.1. The fraction of sp³-hybridized carbons (Fsp3) is 0.143. The van der Waals surface area contributed by atoms with Gasteiger partial charge >= 0.3 is 0 Å². The molecule has 0 bridgehead atoms. The topological polar surface area (TPSA) is 43.1 Å². The van der Waals surface area contributed by atoms with E-state index in [4.69, 9.17) is 0 Å². The van der Waals surface area contributed by atoms with Crippen LogP contribution in [0.15, 0.2) is 50.7 Å². The number of hydrogen-bond acceptors (Lipinski definition) is 3. The number of nitro benzene ring substituents is 1. The van der Waals surface area contributed by atoms with Gasteiger partial charge in [-0.25, -0.2) is 0 Å². The summed E-state index contributed by atoms with van der Waals surface area (Å²) < 4.78 is 0.713. The molecule has 0 saturated heterocycles. The van der Waals surface area contributed by atoms with Crippen molar-refractivity contribution in [2.75, 3.05) is 0 Å². The standard InChI is InChI=1S/C14H12BrNO2S/c1-9-3-4-10(2)14(7-9)19-13-6-5-11(15)8-12(13)16(17)18/h3-8H,1-2H3. The van der Waals surface area contributed by atoms with Gasteiger partial charge in [0.2, 0.25) is 0 Å². The normalized spacial score (nSPS) is 10.5. The number of hydrogen-bond donors (Lipinski definition) is 0. The second-order valence-electron chi connectivity index (χ2n) is 4.24. The highest BCUT2D eigenvalue weighted by Gasteiger charge is 2.16. The summed E-state index contributed by atoms with van der Waals surface area (Å²) in [4.78, 5) is 12.4. The average molecular weight is 338 g/mol. The van der Waals surface area contributed by atoms with Crippen molar-refractivity contribution in [3.63, 3.8) is 0 Å². The number of nitro groups is 1. The second-order valence-corrected chi connectivity index (χ2v) is 6.24. The lowest BCUT2D eigenvalue weighted by molar-refractivity contribution is -0.387. The molecule has 0 aliphatic rings. The Balaban J connectivity index is 2.43. The molecule has 0 heterocycles. The predicted molar refractivity (Wildman–Crippen MR) is 80.8 cm³/mol. The van der Waals surface area contributed by atoms with E-state index < -0.39 is 0 Å². The minimum absolute atomic E-state index is 0.125. The van der Waals surface area contributed by atoms with Gasteiger partial charge in [-0.05, 0) is 43.2 Å². The van der Waals surface area contributed by atoms with Gasteiger partial charge in [0.25, 0.3) is 5.69 Å². The molecule has 0 amide bonds. The summed E-state index contributed by atoms with van der Waals surface area (Å²) >= 11 is 4.69. The highest BCUT2D eigenvalue weighted by atomic mass is 79.9. The SMILES string of the molecule is Cc1ccc(C)c(Sc2ccc(Br)cc2[N+](=O)[O-])c1. The smallest absolute Gasteiger partial charge is 0.258 e. The Morgan fingerprint density at radius 1 is 1.11 bits per heavy atom. The third-order valence-corrected chi connectivity index (χ3v) is 4.40. The molecule has 0 N–H and O–H groups in total. The summed E-state index contributed by atoms with van der Waals surface area (Å²) in [6.45, 7) is 4.02. The number of aryl methyl sites for hydroxylation is 2. The Morgan fingerprint density at radius 2 is 1.84 bits per heavy atom. The first-order valence-electron chi connectivity index (χ1n) is 5.66. The number of rotatable bonds is 3. The molecule has 5 heteroatoms. The molecule has 98 valence electrons. The molecule has 2 rings (SSSR count). The number of benzene rings is 2. The molecule has 0 saturated carbocycles. The maximum Gasteiger partial charge on any atom is 0.284 e. The van der Waals surface area contributed by atoms with Crippen LogP contribution in [0, 0.1) is 24.0 Å². The van der Waals surface area contributed by atoms with Gasteiger partial charge in [-0.3, -0.25) is 10.1 Å². The van der Waals surface area contributed by atoms with Crippen LogP contribution < -0.4 is 0 Å². The van der Waals surface area contributed by atoms with Crippen LogP contribution in [-0.2, 0) is 0 Å². The van der Waals surface area contributed by atoms with Crippen LogP contribution >= 0.6 is 27.7 Å². The van der Waals surface area contributed by atoms with E-state index in [1.54, 1.807) is 6.07 Å². The lowest BCUT2D eigenvalue weighted by Gasteiger charge is -2.07. The van der Waals surface area contributed by atoms with E-state index in [9.17, 15) is 10.1 Å². The number of nitrogens with zero attached hydrogens (tertiary/aromatic N) is 1. The zero-order chi connectivity index (χ0) is 14.0. The van der Waals surface area contributed by atoms with Gasteiger partial charge in [0.1, 0.15) is 0 Å². The first kappa shape index (κ1) is 14.1. The van der Waals surface area contributed by atoms with Crippen LogP contribution in [0.5, 0.6) is 0 Å². The summed E-state index contributed by atoms with van der Waals surface area (Å²) in [6, 6.07) is 11.2. The first-order chi connectivity index (χ1) is 8.97. The quantitative estimate of drug-likeness (QED) is 0.576. The summed E-state index contributed by atoms with van der Waals surface area (Å²) in [5.41, 5.74) is 2.39. The molecule has 0 atom stereocenters. The molecule has 0 aliphatic heterocycles. The van der Waals surface area contributed by atoms with E-state index in [1.807, 2.05) is 38.1 Å². The predicted octanol–water partition coefficient (Wildman–Crippen LogP) is 5.13. The molecule has 2 aromatic carbocycles. The molecular weight excluding hydrogens is 326 g/mol. The molecule has 0 aliphatic carbocycles. The van der Waals surface area contributed by atoms with Crippen LogP contribution in [0.25, 0.3) is 0 Å². The monoisotopic (exact) mass is 337 g/mol. The fourth-order valence-corrected chi connectivity index (χ4v) is 3.09. The van der Waals surface area contributed by atoms with Crippen LogP contribution in [0.3, 0.4) is 0 Å². The van der Waals surface area contributed by atoms with Crippen molar-refractivity contribution in [1.82, 2.24) is 0 Å². The lowest BCUT2D eigenvalue weighted by Crippen LogP contribution is -1.91. The van der Waals surface area contributed by atoms with Gasteiger partial charge in [0.15, 0.2) is 0 Å². The summed E-state index contributed by atoms with van der Waals surface area (Å²) in [6.07, 6.45) is 0. The largest absolute Gasteiger partial charge is 0.284 e. The van der Waals surface area contributed by atoms with Crippen LogP contribution in [0.1, 0.15) is 11.1 Å². The molecule has 0 unspecified atom stereocenters. The molecule has 2 aromatic rings. The van der Waals surface area contributed by atoms with E-state index >= 15 is 0 Å². The van der Waals surface area contributed by atoms with Crippen LogP contribution in [0.2, 0.25) is 0 Å². The van der Waals surface area contributed by atoms with Crippen molar-refractivity contribution in [2.24, 2.45) is 0 Å². The highest BCUT2D eigenvalue weighted by Crippen LogP contribution is 2.37. The third-order valence-electron chi connectivity index (χ3n) is 2.68. The lowest BCUT2D eigenvalue weighted by atomic mass is 10.2. The third kappa shape index (κ3) is 3.36. The van der Waals surface area contributed by atoms with Crippen molar-refractivity contribution in [3.05, 3.63) is 62.1 Å². The minimum Gasteiger partial charge on any atom is -0.258 e. The molecular formula is C14H12BrNO2S. The van der Waals surface area contributed by atoms with Crippen molar-refractivity contribution in [2.45, 2.75) is 23.6 Å². The van der Waals surface area contributed by atoms with Gasteiger partial charge in [-0.15, -0.1) is 0 Å². The van der Waals surface area contributed by atoms with Crippen molar-refractivity contribution < 1.29 is 4.92 Å². The molecule has 0 aromatic heterocycles. The molecule has 3 nitrogen and oxygen atoms in total. The Labute approximate surface area is 124 Å². The first-order valence-corrected chi connectivity index (χ1v) is 7.27. The van der Waals surface area contributed by atoms with Gasteiger partial charge < -0.3 is 0 Å². The van der Waals surface area contributed by atoms with Crippen LogP contribution in [-0.4, -0.2) is 4.92 Å². The Morgan fingerprint density at radius 3 is 2.53 bits per heavy atom. The van der Waals surface area contributed by atoms with Gasteiger partial charge in [-0.1, -0.05) is 39.8 Å². The summed E-state index contributed by atoms with van der Waals surface area (Å²) in [7, 11) is 0. The summed E-state index contributed by atoms with van der Waals surface area (Å²) in [5, 5.41) is 11.1. The maximum atomic E-state index is 11.1. The zero-order valence-corrected chi connectivity index (χ0v) is 12.9. The van der Waals surface area contributed by atoms with E-state index in [2.05, 4.69) is 15.9 Å². The highest BCUT2D eigenvalue weighted by molar-refractivity contribution is 9.10. The fourth-order valence-electron chi connectivity index (χ4n) is 1.66. The Kier molecular flexibility index (Phi) is 4.27. The van der Waals surface area contributed by atoms with Crippen molar-refractivity contribution in [3.8, 4) is 0 Å². The second kappa shape index (κ2) is 5.75. The van der Waals surface area contributed by atoms with E-state index in [-0.39, 0.29) is 10.6 Å². The van der Waals surface area contributed by atoms with Crippen LogP contribution in [0.4, 0.5) is 5.69 Å². The van der Waals surface area contributed by atoms with Gasteiger partial charge in [-0.2, -0.15) is 0 Å². The van der Waals surface area contributed by atoms with Crippen molar-refractivity contribution >= 4 is 33.4 Å². The van der Waals surface area contributed by atoms with Crippen molar-refractivity contribution in [1.29, 1.82) is 0 Å². The molecule has 0 spiro atoms. The average Bonchev–Trinajstić information content (AvgIpc) is 2.35.